The Kier molecular flexibility index (Phi) is 30.4. The highest BCUT2D eigenvalue weighted by Crippen LogP contribution is 2.34. The van der Waals surface area contributed by atoms with E-state index in [1.807, 2.05) is 0 Å². The predicted octanol–water partition coefficient (Wildman–Crippen LogP) is 14.4. The molecule has 0 saturated carbocycles. The maximum atomic E-state index is 12.2. The van der Waals surface area contributed by atoms with Crippen LogP contribution in [0.15, 0.2) is 36.4 Å². The molecule has 0 spiro atoms. The number of carbonyl (C=O) groups is 1. The molecule has 1 rings (SSSR count). The molecule has 0 heterocycles. The van der Waals surface area contributed by atoms with Crippen LogP contribution in [0.5, 0.6) is 17.2 Å². The largest absolute Gasteiger partial charge is 0.507 e. The fourth-order valence-electron chi connectivity index (χ4n) is 6.20. The number of carbonyl (C=O) groups excluding carboxylic acids is 1. The van der Waals surface area contributed by atoms with Gasteiger partial charge in [-0.25, -0.2) is 0 Å². The number of aromatic hydroxyl groups is 1. The first kappa shape index (κ1) is 43.8. The summed E-state index contributed by atoms with van der Waals surface area (Å²) in [6.07, 6.45) is 45.1. The summed E-state index contributed by atoms with van der Waals surface area (Å²) in [4.78, 5) is 12.2. The molecule has 0 atom stereocenters. The summed E-state index contributed by atoms with van der Waals surface area (Å²) in [6, 6.07) is 3.32. The normalized spacial score (nSPS) is 11.6. The summed E-state index contributed by atoms with van der Waals surface area (Å²) < 4.78 is 12.0. The van der Waals surface area contributed by atoms with Crippen molar-refractivity contribution in [1.82, 2.24) is 0 Å². The Labute approximate surface area is 297 Å². The smallest absolute Gasteiger partial charge is 0.167 e. The van der Waals surface area contributed by atoms with Crippen LogP contribution in [0.4, 0.5) is 0 Å². The van der Waals surface area contributed by atoms with Gasteiger partial charge in [-0.05, 0) is 71.1 Å². The zero-order chi connectivity index (χ0) is 34.8. The Morgan fingerprint density at radius 3 is 1.27 bits per heavy atom. The molecule has 0 fully saturated rings. The van der Waals surface area contributed by atoms with Crippen LogP contribution in [-0.4, -0.2) is 24.1 Å². The Hall–Kier alpha value is -2.23. The number of Topliss-reactive ketones (excluding diaryl/α,β-unsaturated/α-hetero) is 1. The fourth-order valence-corrected chi connectivity index (χ4v) is 6.20. The molecule has 1 aromatic carbocycles. The number of rotatable bonds is 35. The molecule has 0 aliphatic heterocycles. The van der Waals surface area contributed by atoms with Gasteiger partial charge in [0.2, 0.25) is 0 Å². The zero-order valence-corrected chi connectivity index (χ0v) is 31.8. The van der Waals surface area contributed by atoms with Gasteiger partial charge < -0.3 is 14.6 Å². The number of ether oxygens (including phenoxy) is 2. The summed E-state index contributed by atoms with van der Waals surface area (Å²) in [5.74, 6) is 0.757. The number of phenolic OH excluding ortho intramolecular Hbond substituents is 1. The van der Waals surface area contributed by atoms with Crippen molar-refractivity contribution in [2.45, 2.75) is 201 Å². The van der Waals surface area contributed by atoms with Gasteiger partial charge in [0.25, 0.3) is 0 Å². The minimum atomic E-state index is -0.191. The van der Waals surface area contributed by atoms with Crippen LogP contribution in [0.25, 0.3) is 0 Å². The lowest BCUT2D eigenvalue weighted by atomic mass is 10.1. The van der Waals surface area contributed by atoms with Crippen LogP contribution in [0, 0.1) is 0 Å². The zero-order valence-electron chi connectivity index (χ0n) is 31.8. The molecular weight excluding hydrogens is 592 g/mol. The minimum Gasteiger partial charge on any atom is -0.507 e. The molecule has 0 amide bonds. The molecule has 1 aromatic rings. The maximum Gasteiger partial charge on any atom is 0.167 e. The van der Waals surface area contributed by atoms with Crippen molar-refractivity contribution in [2.24, 2.45) is 0 Å². The van der Waals surface area contributed by atoms with E-state index in [1.54, 1.807) is 12.1 Å². The molecule has 0 bridgehead atoms. The number of hydrogen-bond acceptors (Lipinski definition) is 4. The van der Waals surface area contributed by atoms with E-state index >= 15 is 0 Å². The molecule has 0 aromatic heterocycles. The van der Waals surface area contributed by atoms with Crippen molar-refractivity contribution in [1.29, 1.82) is 0 Å². The van der Waals surface area contributed by atoms with E-state index in [0.29, 0.717) is 24.7 Å². The number of ketones is 1. The molecule has 4 nitrogen and oxygen atoms in total. The quantitative estimate of drug-likeness (QED) is 0.0444. The maximum absolute atomic E-state index is 12.2. The van der Waals surface area contributed by atoms with Gasteiger partial charge in [-0.2, -0.15) is 0 Å². The number of hydrogen-bond donors (Lipinski definition) is 1. The number of phenols is 1. The first-order valence-electron chi connectivity index (χ1n) is 20.5. The first-order valence-corrected chi connectivity index (χ1v) is 20.5. The van der Waals surface area contributed by atoms with Crippen molar-refractivity contribution in [3.8, 4) is 17.2 Å². The molecule has 48 heavy (non-hydrogen) atoms. The molecule has 0 aliphatic rings. The predicted molar refractivity (Wildman–Crippen MR) is 208 cm³/mol. The number of allylic oxidation sites excluding steroid dienone is 4. The highest BCUT2D eigenvalue weighted by atomic mass is 16.5. The summed E-state index contributed by atoms with van der Waals surface area (Å²) >= 11 is 0. The molecule has 0 unspecified atom stereocenters. The van der Waals surface area contributed by atoms with Crippen LogP contribution >= 0.6 is 0 Å². The van der Waals surface area contributed by atoms with Gasteiger partial charge in [0.15, 0.2) is 5.78 Å². The lowest BCUT2D eigenvalue weighted by Crippen LogP contribution is -2.05. The summed E-state index contributed by atoms with van der Waals surface area (Å²) in [6.45, 7) is 7.16. The van der Waals surface area contributed by atoms with Crippen LogP contribution in [0.1, 0.15) is 211 Å². The average Bonchev–Trinajstić information content (AvgIpc) is 3.07. The third-order valence-electron chi connectivity index (χ3n) is 9.25. The molecular formula is C44H76O4. The Morgan fingerprint density at radius 2 is 0.875 bits per heavy atom. The second-order valence-corrected chi connectivity index (χ2v) is 13.9. The third-order valence-corrected chi connectivity index (χ3v) is 9.25. The van der Waals surface area contributed by atoms with Crippen LogP contribution in [0.3, 0.4) is 0 Å². The topological polar surface area (TPSA) is 55.8 Å². The summed E-state index contributed by atoms with van der Waals surface area (Å²) in [5.41, 5.74) is 0.254. The van der Waals surface area contributed by atoms with E-state index in [9.17, 15) is 9.90 Å². The van der Waals surface area contributed by atoms with Crippen molar-refractivity contribution >= 4 is 5.78 Å². The van der Waals surface area contributed by atoms with E-state index in [2.05, 4.69) is 38.2 Å². The van der Waals surface area contributed by atoms with E-state index in [4.69, 9.17) is 9.47 Å². The standard InChI is InChI=1S/C44H76O4/c1-4-6-8-10-12-14-16-18-20-22-24-26-28-30-32-34-36-47-41-38-42(46)44(40(3)45)43(39-41)48-37-35-33-31-29-27-25-23-21-19-17-15-13-11-9-7-5-2/h18-21,38-39,46H,4-17,22-37H2,1-3H3/b20-18-,21-19-. The third kappa shape index (κ3) is 25.7. The Morgan fingerprint density at radius 1 is 0.521 bits per heavy atom. The Balaban J connectivity index is 2.12. The number of unbranched alkanes of at least 4 members (excludes halogenated alkanes) is 24. The van der Waals surface area contributed by atoms with Crippen LogP contribution < -0.4 is 9.47 Å². The van der Waals surface area contributed by atoms with Crippen LogP contribution in [0.2, 0.25) is 0 Å². The lowest BCUT2D eigenvalue weighted by Gasteiger charge is -2.14. The summed E-state index contributed by atoms with van der Waals surface area (Å²) in [5, 5.41) is 10.5. The number of benzene rings is 1. The second kappa shape index (κ2) is 33.3. The molecule has 4 heteroatoms. The molecule has 0 aliphatic carbocycles. The van der Waals surface area contributed by atoms with Crippen molar-refractivity contribution < 1.29 is 19.4 Å². The van der Waals surface area contributed by atoms with Gasteiger partial charge in [0.05, 0.1) is 13.2 Å². The lowest BCUT2D eigenvalue weighted by molar-refractivity contribution is 0.101. The Bertz CT molecular complexity index is 934. The van der Waals surface area contributed by atoms with Gasteiger partial charge in [-0.3, -0.25) is 4.79 Å². The highest BCUT2D eigenvalue weighted by molar-refractivity contribution is 5.99. The van der Waals surface area contributed by atoms with Gasteiger partial charge in [-0.15, -0.1) is 0 Å². The van der Waals surface area contributed by atoms with Crippen LogP contribution in [-0.2, 0) is 0 Å². The molecule has 0 saturated heterocycles. The van der Waals surface area contributed by atoms with E-state index < -0.39 is 0 Å². The van der Waals surface area contributed by atoms with Crippen molar-refractivity contribution in [3.05, 3.63) is 42.0 Å². The molecule has 1 N–H and O–H groups in total. The van der Waals surface area contributed by atoms with Gasteiger partial charge in [0, 0.05) is 12.1 Å². The molecule has 276 valence electrons. The highest BCUT2D eigenvalue weighted by Gasteiger charge is 2.17. The SMILES string of the molecule is CCCCCCCC/C=C\CCCCCCCCOc1cc(O)c(C(C)=O)c(OCCCCCCCC/C=C\CCCCCCCC)c1. The van der Waals surface area contributed by atoms with E-state index in [0.717, 1.165) is 25.7 Å². The minimum absolute atomic E-state index is 0.0583. The van der Waals surface area contributed by atoms with Crippen molar-refractivity contribution in [2.75, 3.05) is 13.2 Å². The van der Waals surface area contributed by atoms with E-state index in [1.165, 1.54) is 161 Å². The fraction of sp³-hybridized carbons (Fsp3) is 0.750. The monoisotopic (exact) mass is 669 g/mol. The van der Waals surface area contributed by atoms with Gasteiger partial charge in [0.1, 0.15) is 22.8 Å². The van der Waals surface area contributed by atoms with Gasteiger partial charge >= 0.3 is 0 Å². The second-order valence-electron chi connectivity index (χ2n) is 13.9. The van der Waals surface area contributed by atoms with Crippen molar-refractivity contribution in [3.63, 3.8) is 0 Å². The van der Waals surface area contributed by atoms with E-state index in [-0.39, 0.29) is 17.1 Å². The van der Waals surface area contributed by atoms with Gasteiger partial charge in [-0.1, -0.05) is 154 Å². The average molecular weight is 669 g/mol. The summed E-state index contributed by atoms with van der Waals surface area (Å²) in [7, 11) is 0. The first-order chi connectivity index (χ1) is 23.6. The molecule has 0 radical (unpaired) electrons.